The molecular formula is C28H26F3N3O3. The van der Waals surface area contributed by atoms with E-state index in [4.69, 9.17) is 9.26 Å². The molecule has 0 unspecified atom stereocenters. The van der Waals surface area contributed by atoms with Crippen LogP contribution in [0.3, 0.4) is 0 Å². The summed E-state index contributed by atoms with van der Waals surface area (Å²) < 4.78 is 50.7. The molecule has 0 fully saturated rings. The van der Waals surface area contributed by atoms with E-state index in [2.05, 4.69) is 15.5 Å². The Morgan fingerprint density at radius 2 is 1.65 bits per heavy atom. The number of aryl methyl sites for hydroxylation is 1. The van der Waals surface area contributed by atoms with Gasteiger partial charge >= 0.3 is 12.1 Å². The van der Waals surface area contributed by atoms with Gasteiger partial charge in [-0.25, -0.2) is 0 Å². The predicted octanol–water partition coefficient (Wildman–Crippen LogP) is 6.61. The zero-order chi connectivity index (χ0) is 26.7. The Labute approximate surface area is 212 Å². The van der Waals surface area contributed by atoms with Gasteiger partial charge in [-0.15, -0.1) is 0 Å². The molecule has 0 bridgehead atoms. The van der Waals surface area contributed by atoms with Crippen molar-refractivity contribution in [1.82, 2.24) is 15.5 Å². The molecule has 4 rings (SSSR count). The maximum atomic E-state index is 13.5. The Hall–Kier alpha value is -3.98. The van der Waals surface area contributed by atoms with Crippen molar-refractivity contribution < 1.29 is 27.2 Å². The van der Waals surface area contributed by atoms with Gasteiger partial charge in [-0.1, -0.05) is 53.7 Å². The van der Waals surface area contributed by atoms with E-state index in [1.165, 1.54) is 19.2 Å². The molecule has 192 valence electrons. The molecule has 0 aliphatic heterocycles. The molecule has 37 heavy (non-hydrogen) atoms. The van der Waals surface area contributed by atoms with E-state index in [0.717, 1.165) is 17.2 Å². The fourth-order valence-corrected chi connectivity index (χ4v) is 4.16. The molecule has 0 aliphatic rings. The topological polar surface area (TPSA) is 77.2 Å². The standard InChI is InChI=1S/C28H26F3N3O3/c1-16-15-21(13-14-22(16)23-7-5-6-8-24(23)28(29,30)31)26-33-25(34-37-26)20-11-9-19(10-12-20)17(2)32-18(3)27(35)36-4/h5-15,17-18,32H,1-4H3/t17-,18-/m1/s1. The number of hydrogen-bond acceptors (Lipinski definition) is 6. The van der Waals surface area contributed by atoms with Crippen LogP contribution in [0, 0.1) is 6.92 Å². The van der Waals surface area contributed by atoms with Crippen molar-refractivity contribution in [3.8, 4) is 34.0 Å². The van der Waals surface area contributed by atoms with Crippen LogP contribution in [0.25, 0.3) is 34.0 Å². The summed E-state index contributed by atoms with van der Waals surface area (Å²) in [7, 11) is 1.35. The van der Waals surface area contributed by atoms with Crippen LogP contribution in [0.2, 0.25) is 0 Å². The van der Waals surface area contributed by atoms with E-state index in [1.807, 2.05) is 31.2 Å². The molecule has 0 saturated heterocycles. The number of carbonyl (C=O) groups excluding carboxylic acids is 1. The monoisotopic (exact) mass is 509 g/mol. The second kappa shape index (κ2) is 10.6. The Balaban J connectivity index is 1.54. The van der Waals surface area contributed by atoms with Crippen molar-refractivity contribution in [3.05, 3.63) is 83.4 Å². The van der Waals surface area contributed by atoms with Crippen molar-refractivity contribution >= 4 is 5.97 Å². The average molecular weight is 510 g/mol. The lowest BCUT2D eigenvalue weighted by molar-refractivity contribution is -0.142. The first-order valence-corrected chi connectivity index (χ1v) is 11.6. The van der Waals surface area contributed by atoms with Gasteiger partial charge in [-0.05, 0) is 61.2 Å². The number of aromatic nitrogens is 2. The van der Waals surface area contributed by atoms with Gasteiger partial charge < -0.3 is 9.26 Å². The molecule has 0 aliphatic carbocycles. The van der Waals surface area contributed by atoms with E-state index < -0.39 is 17.8 Å². The first-order valence-electron chi connectivity index (χ1n) is 11.6. The zero-order valence-corrected chi connectivity index (χ0v) is 20.8. The van der Waals surface area contributed by atoms with Crippen LogP contribution in [0.15, 0.2) is 71.3 Å². The number of carbonyl (C=O) groups is 1. The van der Waals surface area contributed by atoms with Crippen LogP contribution >= 0.6 is 0 Å². The first-order chi connectivity index (χ1) is 17.6. The quantitative estimate of drug-likeness (QED) is 0.283. The van der Waals surface area contributed by atoms with Gasteiger partial charge in [-0.2, -0.15) is 18.2 Å². The molecule has 6 nitrogen and oxygen atoms in total. The van der Waals surface area contributed by atoms with Crippen LogP contribution in [0.4, 0.5) is 13.2 Å². The largest absolute Gasteiger partial charge is 0.468 e. The van der Waals surface area contributed by atoms with Crippen LogP contribution in [-0.4, -0.2) is 29.3 Å². The highest BCUT2D eigenvalue weighted by molar-refractivity contribution is 5.75. The Bertz CT molecular complexity index is 1400. The number of alkyl halides is 3. The lowest BCUT2D eigenvalue weighted by Gasteiger charge is -2.18. The van der Waals surface area contributed by atoms with Gasteiger partial charge in [0.25, 0.3) is 5.89 Å². The van der Waals surface area contributed by atoms with Crippen molar-refractivity contribution in [2.24, 2.45) is 0 Å². The molecule has 4 aromatic rings. The van der Waals surface area contributed by atoms with E-state index in [1.54, 1.807) is 38.1 Å². The molecule has 2 atom stereocenters. The molecule has 0 spiro atoms. The number of esters is 1. The number of hydrogen-bond donors (Lipinski definition) is 1. The third-order valence-electron chi connectivity index (χ3n) is 6.15. The number of rotatable bonds is 7. The number of methoxy groups -OCH3 is 1. The number of benzene rings is 3. The molecule has 9 heteroatoms. The molecule has 1 heterocycles. The minimum absolute atomic E-state index is 0.0899. The molecular weight excluding hydrogens is 483 g/mol. The maximum Gasteiger partial charge on any atom is 0.417 e. The summed E-state index contributed by atoms with van der Waals surface area (Å²) >= 11 is 0. The van der Waals surface area contributed by atoms with E-state index in [9.17, 15) is 18.0 Å². The fourth-order valence-electron chi connectivity index (χ4n) is 4.16. The summed E-state index contributed by atoms with van der Waals surface area (Å²) in [5, 5.41) is 7.24. The molecule has 0 amide bonds. The Kier molecular flexibility index (Phi) is 7.45. The minimum atomic E-state index is -4.45. The third-order valence-corrected chi connectivity index (χ3v) is 6.15. The highest BCUT2D eigenvalue weighted by Crippen LogP contribution is 2.38. The van der Waals surface area contributed by atoms with Gasteiger partial charge in [0.1, 0.15) is 6.04 Å². The summed E-state index contributed by atoms with van der Waals surface area (Å²) in [6.07, 6.45) is -4.45. The van der Waals surface area contributed by atoms with Gasteiger partial charge in [-0.3, -0.25) is 10.1 Å². The predicted molar refractivity (Wildman–Crippen MR) is 133 cm³/mol. The normalized spacial score (nSPS) is 13.3. The second-order valence-corrected chi connectivity index (χ2v) is 8.75. The van der Waals surface area contributed by atoms with Gasteiger partial charge in [0.05, 0.1) is 12.7 Å². The minimum Gasteiger partial charge on any atom is -0.468 e. The number of nitrogens with one attached hydrogen (secondary N) is 1. The number of halogens is 3. The van der Waals surface area contributed by atoms with Crippen LogP contribution in [0.1, 0.15) is 36.6 Å². The Morgan fingerprint density at radius 3 is 2.30 bits per heavy atom. The summed E-state index contributed by atoms with van der Waals surface area (Å²) in [6.45, 7) is 5.43. The van der Waals surface area contributed by atoms with Crippen molar-refractivity contribution in [3.63, 3.8) is 0 Å². The van der Waals surface area contributed by atoms with Crippen molar-refractivity contribution in [1.29, 1.82) is 0 Å². The summed E-state index contributed by atoms with van der Waals surface area (Å²) in [5.74, 6) is 0.310. The van der Waals surface area contributed by atoms with E-state index in [0.29, 0.717) is 22.5 Å². The summed E-state index contributed by atoms with van der Waals surface area (Å²) in [4.78, 5) is 16.1. The molecule has 0 saturated carbocycles. The SMILES string of the molecule is COC(=O)[C@@H](C)N[C@H](C)c1ccc(-c2noc(-c3ccc(-c4ccccc4C(F)(F)F)c(C)c3)n2)cc1. The highest BCUT2D eigenvalue weighted by atomic mass is 19.4. The van der Waals surface area contributed by atoms with E-state index in [-0.39, 0.29) is 23.5 Å². The fraction of sp³-hybridized carbons (Fsp3) is 0.250. The van der Waals surface area contributed by atoms with Crippen LogP contribution in [-0.2, 0) is 15.7 Å². The van der Waals surface area contributed by atoms with Crippen LogP contribution in [0.5, 0.6) is 0 Å². The number of ether oxygens (including phenoxy) is 1. The summed E-state index contributed by atoms with van der Waals surface area (Å²) in [5.41, 5.74) is 2.88. The first kappa shape index (κ1) is 26.1. The van der Waals surface area contributed by atoms with Gasteiger partial charge in [0.15, 0.2) is 0 Å². The number of nitrogens with zero attached hydrogens (tertiary/aromatic N) is 2. The van der Waals surface area contributed by atoms with Crippen LogP contribution < -0.4 is 5.32 Å². The lowest BCUT2D eigenvalue weighted by atomic mass is 9.94. The van der Waals surface area contributed by atoms with Crippen molar-refractivity contribution in [2.45, 2.75) is 39.0 Å². The van der Waals surface area contributed by atoms with Gasteiger partial charge in [0, 0.05) is 17.2 Å². The molecule has 1 aromatic heterocycles. The third kappa shape index (κ3) is 5.72. The Morgan fingerprint density at radius 1 is 0.973 bits per heavy atom. The molecule has 0 radical (unpaired) electrons. The second-order valence-electron chi connectivity index (χ2n) is 8.75. The van der Waals surface area contributed by atoms with Gasteiger partial charge in [0.2, 0.25) is 5.82 Å². The average Bonchev–Trinajstić information content (AvgIpc) is 3.38. The molecule has 3 aromatic carbocycles. The van der Waals surface area contributed by atoms with E-state index >= 15 is 0 Å². The lowest BCUT2D eigenvalue weighted by Crippen LogP contribution is -2.36. The zero-order valence-electron chi connectivity index (χ0n) is 20.8. The smallest absolute Gasteiger partial charge is 0.417 e. The maximum absolute atomic E-state index is 13.5. The molecule has 1 N–H and O–H groups in total. The highest BCUT2D eigenvalue weighted by Gasteiger charge is 2.33. The summed E-state index contributed by atoms with van der Waals surface area (Å²) in [6, 6.07) is 17.5. The van der Waals surface area contributed by atoms with Crippen molar-refractivity contribution in [2.75, 3.05) is 7.11 Å².